The number of ether oxygens (including phenoxy) is 2. The number of benzene rings is 1. The highest BCUT2D eigenvalue weighted by atomic mass is 16.6. The predicted octanol–water partition coefficient (Wildman–Crippen LogP) is 2.50. The maximum atomic E-state index is 11.0. The van der Waals surface area contributed by atoms with Crippen molar-refractivity contribution in [3.05, 3.63) is 23.8 Å². The first kappa shape index (κ1) is 10.0. The Morgan fingerprint density at radius 3 is 2.93 bits per heavy atom. The fraction of sp³-hybridized carbons (Fsp3) is 0.417. The van der Waals surface area contributed by atoms with E-state index in [0.29, 0.717) is 17.4 Å². The zero-order valence-corrected chi connectivity index (χ0v) is 8.95. The molecule has 0 N–H and O–H groups in total. The van der Waals surface area contributed by atoms with E-state index in [0.717, 1.165) is 6.42 Å². The van der Waals surface area contributed by atoms with Crippen LogP contribution >= 0.6 is 0 Å². The highest BCUT2D eigenvalue weighted by Crippen LogP contribution is 2.33. The van der Waals surface area contributed by atoms with Crippen LogP contribution in [-0.4, -0.2) is 12.6 Å². The van der Waals surface area contributed by atoms with Gasteiger partial charge in [0.05, 0.1) is 0 Å². The summed E-state index contributed by atoms with van der Waals surface area (Å²) in [4.78, 5) is 11.0. The second kappa shape index (κ2) is 3.93. The van der Waals surface area contributed by atoms with Gasteiger partial charge in [0.25, 0.3) is 0 Å². The van der Waals surface area contributed by atoms with E-state index in [4.69, 9.17) is 9.47 Å². The molecule has 0 bridgehead atoms. The van der Waals surface area contributed by atoms with E-state index in [2.05, 4.69) is 13.8 Å². The van der Waals surface area contributed by atoms with Gasteiger partial charge in [-0.05, 0) is 30.0 Å². The van der Waals surface area contributed by atoms with Crippen molar-refractivity contribution in [2.75, 3.05) is 6.61 Å². The van der Waals surface area contributed by atoms with Crippen LogP contribution in [0.1, 0.15) is 31.7 Å². The topological polar surface area (TPSA) is 35.5 Å². The molecule has 0 radical (unpaired) electrons. The number of carbonyl (C=O) groups excluding carboxylic acids is 1. The van der Waals surface area contributed by atoms with Crippen molar-refractivity contribution in [3.63, 3.8) is 0 Å². The summed E-state index contributed by atoms with van der Waals surface area (Å²) >= 11 is 0. The quantitative estimate of drug-likeness (QED) is 0.551. The lowest BCUT2D eigenvalue weighted by atomic mass is 9.98. The van der Waals surface area contributed by atoms with Crippen LogP contribution in [-0.2, 0) is 4.79 Å². The van der Waals surface area contributed by atoms with Gasteiger partial charge in [0.1, 0.15) is 0 Å². The number of carbonyl (C=O) groups is 1. The molecule has 80 valence electrons. The lowest BCUT2D eigenvalue weighted by molar-refractivity contribution is -0.138. The Balaban J connectivity index is 2.30. The van der Waals surface area contributed by atoms with Gasteiger partial charge in [-0.2, -0.15) is 0 Å². The fourth-order valence-electron chi connectivity index (χ4n) is 1.55. The number of esters is 1. The molecule has 0 aromatic heterocycles. The lowest BCUT2D eigenvalue weighted by Gasteiger charge is -2.18. The molecule has 0 saturated carbocycles. The van der Waals surface area contributed by atoms with E-state index in [1.807, 2.05) is 12.1 Å². The first-order valence-corrected chi connectivity index (χ1v) is 5.18. The molecule has 1 heterocycles. The van der Waals surface area contributed by atoms with Gasteiger partial charge in [0.2, 0.25) is 0 Å². The monoisotopic (exact) mass is 206 g/mol. The van der Waals surface area contributed by atoms with Crippen LogP contribution in [0.2, 0.25) is 0 Å². The number of rotatable bonds is 2. The molecule has 0 fully saturated rings. The van der Waals surface area contributed by atoms with E-state index < -0.39 is 0 Å². The molecule has 1 aromatic carbocycles. The molecule has 1 atom stereocenters. The molecule has 15 heavy (non-hydrogen) atoms. The molecule has 0 saturated heterocycles. The van der Waals surface area contributed by atoms with Gasteiger partial charge in [0, 0.05) is 0 Å². The maximum absolute atomic E-state index is 11.0. The van der Waals surface area contributed by atoms with Gasteiger partial charge >= 0.3 is 5.97 Å². The first-order valence-electron chi connectivity index (χ1n) is 5.18. The number of hydrogen-bond donors (Lipinski definition) is 0. The second-order valence-corrected chi connectivity index (χ2v) is 3.78. The van der Waals surface area contributed by atoms with Crippen LogP contribution < -0.4 is 9.47 Å². The minimum Gasteiger partial charge on any atom is -0.478 e. The summed E-state index contributed by atoms with van der Waals surface area (Å²) < 4.78 is 10.3. The van der Waals surface area contributed by atoms with Crippen LogP contribution in [0.3, 0.4) is 0 Å². The summed E-state index contributed by atoms with van der Waals surface area (Å²) in [6, 6.07) is 5.73. The zero-order chi connectivity index (χ0) is 10.8. The van der Waals surface area contributed by atoms with Gasteiger partial charge < -0.3 is 9.47 Å². The van der Waals surface area contributed by atoms with E-state index in [9.17, 15) is 4.79 Å². The molecule has 0 amide bonds. The Morgan fingerprint density at radius 2 is 2.20 bits per heavy atom. The van der Waals surface area contributed by atoms with Crippen molar-refractivity contribution < 1.29 is 14.3 Å². The van der Waals surface area contributed by atoms with Gasteiger partial charge in [-0.1, -0.05) is 19.9 Å². The maximum Gasteiger partial charge on any atom is 0.349 e. The van der Waals surface area contributed by atoms with Crippen molar-refractivity contribution >= 4 is 5.97 Å². The Morgan fingerprint density at radius 1 is 1.40 bits per heavy atom. The third kappa shape index (κ3) is 1.96. The molecular weight excluding hydrogens is 192 g/mol. The van der Waals surface area contributed by atoms with Gasteiger partial charge in [0.15, 0.2) is 18.1 Å². The Hall–Kier alpha value is -1.51. The Kier molecular flexibility index (Phi) is 2.62. The van der Waals surface area contributed by atoms with Crippen molar-refractivity contribution in [1.29, 1.82) is 0 Å². The molecule has 0 aliphatic carbocycles. The lowest BCUT2D eigenvalue weighted by Crippen LogP contribution is -2.22. The average molecular weight is 206 g/mol. The standard InChI is InChI=1S/C12H14O3/c1-3-8(2)9-4-5-10-11(6-9)14-7-12(13)15-10/h4-6,8H,3,7H2,1-2H3. The molecular formula is C12H14O3. The normalized spacial score (nSPS) is 16.3. The minimum absolute atomic E-state index is 0.0109. The molecule has 1 aliphatic heterocycles. The molecule has 1 aromatic rings. The van der Waals surface area contributed by atoms with Crippen molar-refractivity contribution in [2.24, 2.45) is 0 Å². The second-order valence-electron chi connectivity index (χ2n) is 3.78. The van der Waals surface area contributed by atoms with E-state index >= 15 is 0 Å². The zero-order valence-electron chi connectivity index (χ0n) is 8.95. The van der Waals surface area contributed by atoms with Crippen LogP contribution in [0.4, 0.5) is 0 Å². The molecule has 2 rings (SSSR count). The van der Waals surface area contributed by atoms with Gasteiger partial charge in [-0.25, -0.2) is 4.79 Å². The van der Waals surface area contributed by atoms with Crippen LogP contribution in [0, 0.1) is 0 Å². The smallest absolute Gasteiger partial charge is 0.349 e. The third-order valence-electron chi connectivity index (χ3n) is 2.72. The summed E-state index contributed by atoms with van der Waals surface area (Å²) in [5.41, 5.74) is 1.22. The van der Waals surface area contributed by atoms with E-state index in [1.165, 1.54) is 5.56 Å². The minimum atomic E-state index is -0.334. The third-order valence-corrected chi connectivity index (χ3v) is 2.72. The Bertz CT molecular complexity index is 384. The molecule has 3 heteroatoms. The van der Waals surface area contributed by atoms with Gasteiger partial charge in [-0.3, -0.25) is 0 Å². The summed E-state index contributed by atoms with van der Waals surface area (Å²) in [7, 11) is 0. The van der Waals surface area contributed by atoms with E-state index in [1.54, 1.807) is 6.07 Å². The van der Waals surface area contributed by atoms with Crippen molar-refractivity contribution in [3.8, 4) is 11.5 Å². The molecule has 3 nitrogen and oxygen atoms in total. The van der Waals surface area contributed by atoms with Crippen LogP contribution in [0.5, 0.6) is 11.5 Å². The Labute approximate surface area is 89.0 Å². The average Bonchev–Trinajstić information content (AvgIpc) is 2.27. The summed E-state index contributed by atoms with van der Waals surface area (Å²) in [6.45, 7) is 4.32. The summed E-state index contributed by atoms with van der Waals surface area (Å²) in [5.74, 6) is 1.36. The van der Waals surface area contributed by atoms with E-state index in [-0.39, 0.29) is 12.6 Å². The largest absolute Gasteiger partial charge is 0.478 e. The number of fused-ring (bicyclic) bond motifs is 1. The fourth-order valence-corrected chi connectivity index (χ4v) is 1.55. The summed E-state index contributed by atoms with van der Waals surface area (Å²) in [5, 5.41) is 0. The predicted molar refractivity (Wildman–Crippen MR) is 56.3 cm³/mol. The SMILES string of the molecule is CCC(C)c1ccc2c(c1)OCC(=O)O2. The first-order chi connectivity index (χ1) is 7.20. The van der Waals surface area contributed by atoms with Gasteiger partial charge in [-0.15, -0.1) is 0 Å². The summed E-state index contributed by atoms with van der Waals surface area (Å²) in [6.07, 6.45) is 1.08. The highest BCUT2D eigenvalue weighted by Gasteiger charge is 2.19. The van der Waals surface area contributed by atoms with Crippen LogP contribution in [0.25, 0.3) is 0 Å². The van der Waals surface area contributed by atoms with Crippen LogP contribution in [0.15, 0.2) is 18.2 Å². The van der Waals surface area contributed by atoms with Crippen molar-refractivity contribution in [2.45, 2.75) is 26.2 Å². The molecule has 1 unspecified atom stereocenters. The van der Waals surface area contributed by atoms with Crippen molar-refractivity contribution in [1.82, 2.24) is 0 Å². The highest BCUT2D eigenvalue weighted by molar-refractivity contribution is 5.76. The molecule has 0 spiro atoms. The number of hydrogen-bond acceptors (Lipinski definition) is 3. The molecule has 1 aliphatic rings.